The highest BCUT2D eigenvalue weighted by Crippen LogP contribution is 2.18. The Balaban J connectivity index is 2.03. The smallest absolute Gasteiger partial charge is 0.230 e. The molecule has 17 heavy (non-hydrogen) atoms. The van der Waals surface area contributed by atoms with E-state index in [1.807, 2.05) is 24.3 Å². The van der Waals surface area contributed by atoms with Crippen molar-refractivity contribution in [3.63, 3.8) is 0 Å². The topological polar surface area (TPSA) is 67.0 Å². The first-order chi connectivity index (χ1) is 8.29. The zero-order valence-corrected chi connectivity index (χ0v) is 9.43. The van der Waals surface area contributed by atoms with Crippen molar-refractivity contribution < 1.29 is 9.53 Å². The Hall–Kier alpha value is -2.30. The Kier molecular flexibility index (Phi) is 3.40. The van der Waals surface area contributed by atoms with Gasteiger partial charge in [-0.3, -0.25) is 9.89 Å². The van der Waals surface area contributed by atoms with Crippen LogP contribution in [0, 0.1) is 0 Å². The summed E-state index contributed by atoms with van der Waals surface area (Å²) in [4.78, 5) is 11.7. The number of H-pyrrole nitrogens is 1. The lowest BCUT2D eigenvalue weighted by Gasteiger charge is -2.07. The van der Waals surface area contributed by atoms with E-state index in [1.54, 1.807) is 19.4 Å². The summed E-state index contributed by atoms with van der Waals surface area (Å²) in [5.41, 5.74) is 0.854. The predicted octanol–water partition coefficient (Wildman–Crippen LogP) is 1.60. The number of rotatable bonds is 4. The van der Waals surface area contributed by atoms with Crippen LogP contribution >= 0.6 is 0 Å². The number of amides is 1. The lowest BCUT2D eigenvalue weighted by atomic mass is 10.1. The number of benzene rings is 1. The number of aromatic nitrogens is 2. The summed E-state index contributed by atoms with van der Waals surface area (Å²) in [5.74, 6) is 1.19. The van der Waals surface area contributed by atoms with Crippen LogP contribution in [-0.4, -0.2) is 23.2 Å². The molecule has 0 aliphatic rings. The highest BCUT2D eigenvalue weighted by atomic mass is 16.5. The number of nitrogens with zero attached hydrogens (tertiary/aromatic N) is 1. The number of carbonyl (C=O) groups is 1. The molecule has 0 fully saturated rings. The minimum Gasteiger partial charge on any atom is -0.496 e. The number of ether oxygens (including phenoxy) is 1. The molecule has 0 unspecified atom stereocenters. The second-order valence-corrected chi connectivity index (χ2v) is 3.51. The number of methoxy groups -OCH3 is 1. The monoisotopic (exact) mass is 231 g/mol. The van der Waals surface area contributed by atoms with Crippen molar-refractivity contribution >= 4 is 11.7 Å². The lowest BCUT2D eigenvalue weighted by Crippen LogP contribution is -2.15. The van der Waals surface area contributed by atoms with Crippen LogP contribution in [0.3, 0.4) is 0 Å². The average molecular weight is 231 g/mol. The van der Waals surface area contributed by atoms with Crippen LogP contribution in [0.15, 0.2) is 36.5 Å². The minimum absolute atomic E-state index is 0.112. The maximum atomic E-state index is 11.7. The summed E-state index contributed by atoms with van der Waals surface area (Å²) in [6, 6.07) is 9.14. The minimum atomic E-state index is -0.112. The number of nitrogens with one attached hydrogen (secondary N) is 2. The fourth-order valence-electron chi connectivity index (χ4n) is 1.54. The molecule has 0 saturated heterocycles. The van der Waals surface area contributed by atoms with Crippen LogP contribution in [0.25, 0.3) is 0 Å². The van der Waals surface area contributed by atoms with Gasteiger partial charge >= 0.3 is 0 Å². The van der Waals surface area contributed by atoms with Crippen molar-refractivity contribution in [1.29, 1.82) is 0 Å². The van der Waals surface area contributed by atoms with Gasteiger partial charge in [-0.2, -0.15) is 5.10 Å². The molecule has 0 saturated carbocycles. The molecule has 2 aromatic rings. The van der Waals surface area contributed by atoms with E-state index in [1.165, 1.54) is 0 Å². The molecule has 5 heteroatoms. The summed E-state index contributed by atoms with van der Waals surface area (Å²) in [7, 11) is 1.59. The zero-order chi connectivity index (χ0) is 12.1. The molecule has 88 valence electrons. The molecule has 1 amide bonds. The summed E-state index contributed by atoms with van der Waals surface area (Å²) in [6.45, 7) is 0. The molecule has 0 aliphatic carbocycles. The predicted molar refractivity (Wildman–Crippen MR) is 63.9 cm³/mol. The van der Waals surface area contributed by atoms with Crippen LogP contribution in [0.4, 0.5) is 5.82 Å². The van der Waals surface area contributed by atoms with Gasteiger partial charge < -0.3 is 10.1 Å². The van der Waals surface area contributed by atoms with Gasteiger partial charge in [0.2, 0.25) is 5.91 Å². The van der Waals surface area contributed by atoms with Crippen LogP contribution in [0.2, 0.25) is 0 Å². The van der Waals surface area contributed by atoms with Crippen molar-refractivity contribution in [2.45, 2.75) is 6.42 Å². The van der Waals surface area contributed by atoms with Gasteiger partial charge in [0.25, 0.3) is 0 Å². The van der Waals surface area contributed by atoms with Gasteiger partial charge in [-0.15, -0.1) is 0 Å². The van der Waals surface area contributed by atoms with Gasteiger partial charge in [0, 0.05) is 11.6 Å². The normalized spacial score (nSPS) is 9.94. The van der Waals surface area contributed by atoms with Gasteiger partial charge in [0.1, 0.15) is 11.6 Å². The van der Waals surface area contributed by atoms with E-state index >= 15 is 0 Å². The number of anilines is 1. The van der Waals surface area contributed by atoms with Gasteiger partial charge in [-0.25, -0.2) is 0 Å². The fourth-order valence-corrected chi connectivity index (χ4v) is 1.54. The molecular formula is C12H13N3O2. The average Bonchev–Trinajstić information content (AvgIpc) is 2.82. The Morgan fingerprint density at radius 3 is 2.94 bits per heavy atom. The SMILES string of the molecule is COc1ccccc1CC(=O)Nc1ccn[nH]1. The first-order valence-electron chi connectivity index (χ1n) is 5.20. The van der Waals surface area contributed by atoms with E-state index in [-0.39, 0.29) is 12.3 Å². The molecule has 2 N–H and O–H groups in total. The number of hydrogen-bond acceptors (Lipinski definition) is 3. The van der Waals surface area contributed by atoms with E-state index in [9.17, 15) is 4.79 Å². The molecule has 1 aromatic heterocycles. The fraction of sp³-hybridized carbons (Fsp3) is 0.167. The second-order valence-electron chi connectivity index (χ2n) is 3.51. The lowest BCUT2D eigenvalue weighted by molar-refractivity contribution is -0.115. The molecule has 0 atom stereocenters. The molecule has 0 bridgehead atoms. The van der Waals surface area contributed by atoms with E-state index in [4.69, 9.17) is 4.74 Å². The zero-order valence-electron chi connectivity index (χ0n) is 9.43. The van der Waals surface area contributed by atoms with Crippen LogP contribution in [0.5, 0.6) is 5.75 Å². The van der Waals surface area contributed by atoms with E-state index in [0.29, 0.717) is 11.6 Å². The van der Waals surface area contributed by atoms with Crippen LogP contribution < -0.4 is 10.1 Å². The van der Waals surface area contributed by atoms with Crippen molar-refractivity contribution in [2.24, 2.45) is 0 Å². The van der Waals surface area contributed by atoms with Crippen molar-refractivity contribution in [2.75, 3.05) is 12.4 Å². The van der Waals surface area contributed by atoms with Gasteiger partial charge in [-0.05, 0) is 6.07 Å². The highest BCUT2D eigenvalue weighted by molar-refractivity contribution is 5.91. The standard InChI is InChI=1S/C12H13N3O2/c1-17-10-5-3-2-4-9(10)8-12(16)14-11-6-7-13-15-11/h2-7H,8H2,1H3,(H2,13,14,15,16). The Bertz CT molecular complexity index is 494. The molecule has 0 radical (unpaired) electrons. The number of carbonyl (C=O) groups excluding carboxylic acids is 1. The molecule has 0 spiro atoms. The van der Waals surface area contributed by atoms with Crippen molar-refractivity contribution in [3.8, 4) is 5.75 Å². The van der Waals surface area contributed by atoms with Gasteiger partial charge in [-0.1, -0.05) is 18.2 Å². The number of hydrogen-bond donors (Lipinski definition) is 2. The third-order valence-electron chi connectivity index (χ3n) is 2.32. The largest absolute Gasteiger partial charge is 0.496 e. The second kappa shape index (κ2) is 5.16. The van der Waals surface area contributed by atoms with E-state index in [0.717, 1.165) is 5.56 Å². The number of para-hydroxylation sites is 1. The van der Waals surface area contributed by atoms with Gasteiger partial charge in [0.15, 0.2) is 0 Å². The number of aromatic amines is 1. The van der Waals surface area contributed by atoms with Crippen molar-refractivity contribution in [3.05, 3.63) is 42.1 Å². The molecule has 2 rings (SSSR count). The molecular weight excluding hydrogens is 218 g/mol. The summed E-state index contributed by atoms with van der Waals surface area (Å²) in [5, 5.41) is 9.13. The Labute approximate surface area is 98.8 Å². The van der Waals surface area contributed by atoms with E-state index < -0.39 is 0 Å². The molecule has 0 aliphatic heterocycles. The third-order valence-corrected chi connectivity index (χ3v) is 2.32. The third kappa shape index (κ3) is 2.84. The van der Waals surface area contributed by atoms with Crippen LogP contribution in [0.1, 0.15) is 5.56 Å². The highest BCUT2D eigenvalue weighted by Gasteiger charge is 2.08. The Morgan fingerprint density at radius 1 is 1.41 bits per heavy atom. The molecule has 5 nitrogen and oxygen atoms in total. The molecule has 1 aromatic carbocycles. The first kappa shape index (κ1) is 11.2. The summed E-state index contributed by atoms with van der Waals surface area (Å²) in [6.07, 6.45) is 1.85. The van der Waals surface area contributed by atoms with E-state index in [2.05, 4.69) is 15.5 Å². The quantitative estimate of drug-likeness (QED) is 0.839. The molecule has 1 heterocycles. The van der Waals surface area contributed by atoms with Crippen molar-refractivity contribution in [1.82, 2.24) is 10.2 Å². The van der Waals surface area contributed by atoms with Crippen LogP contribution in [-0.2, 0) is 11.2 Å². The summed E-state index contributed by atoms with van der Waals surface area (Å²) >= 11 is 0. The summed E-state index contributed by atoms with van der Waals surface area (Å²) < 4.78 is 5.18. The Morgan fingerprint density at radius 2 is 2.24 bits per heavy atom. The first-order valence-corrected chi connectivity index (χ1v) is 5.20. The maximum Gasteiger partial charge on any atom is 0.230 e. The maximum absolute atomic E-state index is 11.7. The van der Waals surface area contributed by atoms with Gasteiger partial charge in [0.05, 0.1) is 19.7 Å².